The summed E-state index contributed by atoms with van der Waals surface area (Å²) in [5.41, 5.74) is 1.57. The van der Waals surface area contributed by atoms with E-state index in [0.29, 0.717) is 30.2 Å². The van der Waals surface area contributed by atoms with Crippen LogP contribution in [0.25, 0.3) is 10.9 Å². The van der Waals surface area contributed by atoms with E-state index in [-0.39, 0.29) is 17.3 Å². The first-order chi connectivity index (χ1) is 13.8. The molecule has 0 bridgehead atoms. The number of allylic oxidation sites excluding steroid dienone is 3. The van der Waals surface area contributed by atoms with Gasteiger partial charge in [0.25, 0.3) is 0 Å². The number of carbonyl (C=O) groups is 2. The first kappa shape index (κ1) is 19.6. The smallest absolute Gasteiger partial charge is 0.340 e. The zero-order valence-corrected chi connectivity index (χ0v) is 17.2. The number of Topliss-reactive ketones (excluding diaryl/α,β-unsaturated/α-hetero) is 1. The molecule has 1 aromatic carbocycles. The van der Waals surface area contributed by atoms with Crippen molar-refractivity contribution in [2.75, 3.05) is 7.11 Å². The van der Waals surface area contributed by atoms with Crippen LogP contribution < -0.4 is 0 Å². The van der Waals surface area contributed by atoms with Crippen molar-refractivity contribution in [2.24, 2.45) is 5.92 Å². The molecule has 0 aliphatic heterocycles. The van der Waals surface area contributed by atoms with Crippen molar-refractivity contribution in [1.82, 2.24) is 3.97 Å². The fourth-order valence-corrected chi connectivity index (χ4v) is 5.83. The molecular weight excluding hydrogens is 390 g/mol. The predicted octanol–water partition coefficient (Wildman–Crippen LogP) is 3.62. The number of methoxy groups -OCH3 is 1. The Bertz CT molecular complexity index is 1170. The van der Waals surface area contributed by atoms with E-state index in [1.54, 1.807) is 37.3 Å². The van der Waals surface area contributed by atoms with E-state index in [9.17, 15) is 18.0 Å². The topological polar surface area (TPSA) is 82.4 Å². The number of aromatic nitrogens is 1. The Morgan fingerprint density at radius 3 is 2.69 bits per heavy atom. The van der Waals surface area contributed by atoms with Gasteiger partial charge in [-0.05, 0) is 43.4 Å². The monoisotopic (exact) mass is 413 g/mol. The molecular formula is C22H23NO5S. The molecule has 0 N–H and O–H groups in total. The van der Waals surface area contributed by atoms with E-state index in [0.717, 1.165) is 12.0 Å². The number of hydrogen-bond acceptors (Lipinski definition) is 5. The molecule has 1 fully saturated rings. The fraction of sp³-hybridized carbons (Fsp3) is 0.364. The molecule has 7 heteroatoms. The van der Waals surface area contributed by atoms with Crippen LogP contribution in [-0.2, 0) is 19.6 Å². The summed E-state index contributed by atoms with van der Waals surface area (Å²) >= 11 is 0. The second kappa shape index (κ2) is 6.99. The molecule has 0 spiro atoms. The van der Waals surface area contributed by atoms with Gasteiger partial charge in [0.15, 0.2) is 0 Å². The van der Waals surface area contributed by atoms with E-state index in [1.165, 1.54) is 17.3 Å². The minimum absolute atomic E-state index is 0.185. The summed E-state index contributed by atoms with van der Waals surface area (Å²) in [5.74, 6) is -0.132. The van der Waals surface area contributed by atoms with Gasteiger partial charge >= 0.3 is 5.97 Å². The summed E-state index contributed by atoms with van der Waals surface area (Å²) in [5, 5.41) is 0.653. The summed E-state index contributed by atoms with van der Waals surface area (Å²) in [6, 6.07) is 6.71. The fourth-order valence-electron chi connectivity index (χ4n) is 4.19. The lowest BCUT2D eigenvalue weighted by Gasteiger charge is -2.29. The van der Waals surface area contributed by atoms with Gasteiger partial charge in [-0.3, -0.25) is 4.79 Å². The van der Waals surface area contributed by atoms with Crippen molar-refractivity contribution < 1.29 is 22.7 Å². The van der Waals surface area contributed by atoms with Crippen LogP contribution in [0.1, 0.15) is 43.0 Å². The predicted molar refractivity (Wildman–Crippen MR) is 110 cm³/mol. The van der Waals surface area contributed by atoms with Crippen LogP contribution >= 0.6 is 0 Å². The molecule has 2 aromatic rings. The first-order valence-corrected chi connectivity index (χ1v) is 11.1. The van der Waals surface area contributed by atoms with Crippen LogP contribution in [0.3, 0.4) is 0 Å². The number of carbonyl (C=O) groups excluding carboxylic acids is 2. The molecule has 2 atom stereocenters. The highest BCUT2D eigenvalue weighted by Crippen LogP contribution is 2.38. The molecule has 2 aliphatic rings. The molecule has 29 heavy (non-hydrogen) atoms. The van der Waals surface area contributed by atoms with Gasteiger partial charge in [0.1, 0.15) is 10.5 Å². The van der Waals surface area contributed by atoms with E-state index < -0.39 is 20.7 Å². The number of benzene rings is 1. The normalized spacial score (nSPS) is 24.7. The Kier molecular flexibility index (Phi) is 4.73. The van der Waals surface area contributed by atoms with Crippen molar-refractivity contribution in [2.45, 2.75) is 37.4 Å². The third-order valence-electron chi connectivity index (χ3n) is 6.02. The van der Waals surface area contributed by atoms with Crippen LogP contribution in [0, 0.1) is 5.92 Å². The zero-order chi connectivity index (χ0) is 20.8. The zero-order valence-electron chi connectivity index (χ0n) is 16.4. The summed E-state index contributed by atoms with van der Waals surface area (Å²) in [4.78, 5) is 23.8. The largest absolute Gasteiger partial charge is 0.465 e. The lowest BCUT2D eigenvalue weighted by Crippen LogP contribution is -2.38. The third kappa shape index (κ3) is 3.13. The Morgan fingerprint density at radius 1 is 1.28 bits per heavy atom. The van der Waals surface area contributed by atoms with Crippen LogP contribution in [0.4, 0.5) is 0 Å². The van der Waals surface area contributed by atoms with Gasteiger partial charge in [-0.2, -0.15) is 0 Å². The van der Waals surface area contributed by atoms with Crippen molar-refractivity contribution >= 4 is 32.7 Å². The molecule has 1 saturated carbocycles. The summed E-state index contributed by atoms with van der Waals surface area (Å²) in [7, 11) is -2.58. The van der Waals surface area contributed by atoms with Crippen LogP contribution in [0.2, 0.25) is 0 Å². The minimum Gasteiger partial charge on any atom is -0.465 e. The number of nitrogens with zero attached hydrogens (tertiary/aromatic N) is 1. The second-order valence-electron chi connectivity index (χ2n) is 7.88. The SMILES string of the molecule is COC(=O)c1cccc2ccn(S(=O)(=O)[C@@]3(C)C=CC(C4CCC(=O)C4)=CC3)c12. The van der Waals surface area contributed by atoms with Gasteiger partial charge in [0.2, 0.25) is 10.0 Å². The summed E-state index contributed by atoms with van der Waals surface area (Å²) in [6.45, 7) is 1.68. The van der Waals surface area contributed by atoms with E-state index in [2.05, 4.69) is 0 Å². The maximum Gasteiger partial charge on any atom is 0.340 e. The van der Waals surface area contributed by atoms with Gasteiger partial charge in [0, 0.05) is 24.4 Å². The average Bonchev–Trinajstić information content (AvgIpc) is 3.34. The molecule has 152 valence electrons. The highest BCUT2D eigenvalue weighted by atomic mass is 32.2. The lowest BCUT2D eigenvalue weighted by molar-refractivity contribution is -0.117. The molecule has 2 aliphatic carbocycles. The molecule has 0 radical (unpaired) electrons. The van der Waals surface area contributed by atoms with Gasteiger partial charge in [0.05, 0.1) is 18.2 Å². The number of esters is 1. The first-order valence-electron chi connectivity index (χ1n) is 9.61. The number of hydrogen-bond donors (Lipinski definition) is 0. The highest BCUT2D eigenvalue weighted by molar-refractivity contribution is 7.91. The lowest BCUT2D eigenvalue weighted by atomic mass is 9.89. The van der Waals surface area contributed by atoms with E-state index >= 15 is 0 Å². The number of para-hydroxylation sites is 1. The van der Waals surface area contributed by atoms with E-state index in [1.807, 2.05) is 12.2 Å². The average molecular weight is 413 g/mol. The van der Waals surface area contributed by atoms with Gasteiger partial charge in [-0.15, -0.1) is 0 Å². The van der Waals surface area contributed by atoms with Crippen LogP contribution in [0.15, 0.2) is 54.3 Å². The maximum absolute atomic E-state index is 13.6. The number of fused-ring (bicyclic) bond motifs is 1. The molecule has 0 saturated heterocycles. The number of ether oxygens (including phenoxy) is 1. The standard InChI is InChI=1S/C22H23NO5S/c1-22(11-8-15(9-12-22)17-6-7-18(24)14-17)29(26,27)23-13-10-16-4-3-5-19(20(16)23)21(25)28-2/h3-5,8-11,13,17H,6-7,12,14H2,1-2H3/t17?,22-/m0/s1. The minimum atomic E-state index is -3.86. The van der Waals surface area contributed by atoms with E-state index in [4.69, 9.17) is 4.74 Å². The highest BCUT2D eigenvalue weighted by Gasteiger charge is 2.40. The molecule has 1 heterocycles. The van der Waals surface area contributed by atoms with Crippen molar-refractivity contribution in [3.8, 4) is 0 Å². The van der Waals surface area contributed by atoms with Crippen LogP contribution in [-0.4, -0.2) is 36.0 Å². The summed E-state index contributed by atoms with van der Waals surface area (Å²) in [6.07, 6.45) is 9.25. The molecule has 0 amide bonds. The van der Waals surface area contributed by atoms with Gasteiger partial charge < -0.3 is 4.74 Å². The second-order valence-corrected chi connectivity index (χ2v) is 10.2. The van der Waals surface area contributed by atoms with Gasteiger partial charge in [-0.1, -0.05) is 30.4 Å². The number of rotatable bonds is 4. The van der Waals surface area contributed by atoms with Crippen molar-refractivity contribution in [3.63, 3.8) is 0 Å². The van der Waals surface area contributed by atoms with Crippen molar-refractivity contribution in [1.29, 1.82) is 0 Å². The molecule has 4 rings (SSSR count). The van der Waals surface area contributed by atoms with Gasteiger partial charge in [-0.25, -0.2) is 17.2 Å². The van der Waals surface area contributed by atoms with Crippen molar-refractivity contribution in [3.05, 3.63) is 59.8 Å². The summed E-state index contributed by atoms with van der Waals surface area (Å²) < 4.78 is 32.1. The quantitative estimate of drug-likeness (QED) is 0.715. The Labute approximate surface area is 169 Å². The Morgan fingerprint density at radius 2 is 2.07 bits per heavy atom. The molecule has 1 unspecified atom stereocenters. The Hall–Kier alpha value is -2.67. The third-order valence-corrected chi connectivity index (χ3v) is 8.32. The van der Waals surface area contributed by atoms with Crippen LogP contribution in [0.5, 0.6) is 0 Å². The number of ketones is 1. The molecule has 1 aromatic heterocycles. The Balaban J connectivity index is 1.73. The molecule has 6 nitrogen and oxygen atoms in total. The maximum atomic E-state index is 13.6.